The van der Waals surface area contributed by atoms with Gasteiger partial charge in [0.25, 0.3) is 0 Å². The second-order valence-corrected chi connectivity index (χ2v) is 3.26. The number of benzene rings is 1. The van der Waals surface area contributed by atoms with Crippen LogP contribution in [0.25, 0.3) is 0 Å². The van der Waals surface area contributed by atoms with Crippen LogP contribution in [0.5, 0.6) is 0 Å². The topological polar surface area (TPSA) is 32.3 Å². The molecular weight excluding hydrogens is 310 g/mol. The lowest BCUT2D eigenvalue weighted by molar-refractivity contribution is -0.137. The summed E-state index contributed by atoms with van der Waals surface area (Å²) in [7, 11) is 0. The molecule has 0 aliphatic heterocycles. The molecule has 0 amide bonds. The maximum atomic E-state index is 12.2. The lowest BCUT2D eigenvalue weighted by atomic mass is 10.1. The van der Waals surface area contributed by atoms with Gasteiger partial charge in [0.2, 0.25) is 0 Å². The summed E-state index contributed by atoms with van der Waals surface area (Å²) >= 11 is 1.67. The highest BCUT2D eigenvalue weighted by molar-refractivity contribution is 14.1. The smallest absolute Gasteiger partial charge is 0.374 e. The van der Waals surface area contributed by atoms with E-state index in [9.17, 15) is 18.3 Å². The summed E-state index contributed by atoms with van der Waals surface area (Å²) in [4.78, 5) is 0. The lowest BCUT2D eigenvalue weighted by Crippen LogP contribution is -2.11. The number of aliphatic hydroxyl groups excluding tert-OH is 1. The van der Waals surface area contributed by atoms with Gasteiger partial charge in [0.15, 0.2) is 0 Å². The zero-order chi connectivity index (χ0) is 10.8. The van der Waals surface area contributed by atoms with Crippen LogP contribution >= 0.6 is 22.9 Å². The highest BCUT2D eigenvalue weighted by Crippen LogP contribution is 2.30. The van der Waals surface area contributed by atoms with Gasteiger partial charge in [-0.05, 0) is 17.7 Å². The highest BCUT2D eigenvalue weighted by atomic mass is 127. The molecule has 0 spiro atoms. The second-order valence-electron chi connectivity index (χ2n) is 2.63. The molecule has 0 heterocycles. The molecule has 0 aliphatic carbocycles. The number of alkyl halides is 3. The van der Waals surface area contributed by atoms with Crippen molar-refractivity contribution in [3.05, 3.63) is 35.4 Å². The molecule has 0 bridgehead atoms. The van der Waals surface area contributed by atoms with Crippen molar-refractivity contribution in [2.24, 2.45) is 0 Å². The van der Waals surface area contributed by atoms with E-state index in [0.717, 1.165) is 12.1 Å². The Morgan fingerprint density at radius 1 is 1.36 bits per heavy atom. The molecule has 1 aromatic carbocycles. The SMILES string of the molecule is OC(NI)c1cccc(C(F)(F)F)c1. The van der Waals surface area contributed by atoms with Gasteiger partial charge < -0.3 is 5.11 Å². The van der Waals surface area contributed by atoms with Crippen LogP contribution in [0.3, 0.4) is 0 Å². The molecule has 0 saturated carbocycles. The van der Waals surface area contributed by atoms with Crippen LogP contribution in [0, 0.1) is 0 Å². The summed E-state index contributed by atoms with van der Waals surface area (Å²) in [5.41, 5.74) is -0.574. The fourth-order valence-corrected chi connectivity index (χ4v) is 1.31. The van der Waals surface area contributed by atoms with Gasteiger partial charge in [-0.1, -0.05) is 12.1 Å². The highest BCUT2D eigenvalue weighted by Gasteiger charge is 2.30. The van der Waals surface area contributed by atoms with E-state index in [1.54, 1.807) is 22.9 Å². The van der Waals surface area contributed by atoms with Crippen LogP contribution < -0.4 is 3.53 Å². The van der Waals surface area contributed by atoms with Gasteiger partial charge in [0.1, 0.15) is 6.23 Å². The van der Waals surface area contributed by atoms with Crippen LogP contribution in [0.1, 0.15) is 17.4 Å². The van der Waals surface area contributed by atoms with E-state index in [2.05, 4.69) is 3.53 Å². The minimum atomic E-state index is -4.37. The van der Waals surface area contributed by atoms with Crippen LogP contribution in [-0.4, -0.2) is 5.11 Å². The van der Waals surface area contributed by atoms with Crippen molar-refractivity contribution in [3.8, 4) is 0 Å². The Hall–Kier alpha value is -0.340. The number of nitrogens with one attached hydrogen (secondary N) is 1. The minimum absolute atomic E-state index is 0.189. The largest absolute Gasteiger partial charge is 0.416 e. The first-order valence-corrected chi connectivity index (χ1v) is 4.74. The van der Waals surface area contributed by atoms with E-state index in [0.29, 0.717) is 0 Å². The molecule has 6 heteroatoms. The monoisotopic (exact) mass is 317 g/mol. The zero-order valence-corrected chi connectivity index (χ0v) is 9.00. The molecule has 1 aromatic rings. The van der Waals surface area contributed by atoms with Gasteiger partial charge in [-0.2, -0.15) is 13.2 Å². The average molecular weight is 317 g/mol. The summed E-state index contributed by atoms with van der Waals surface area (Å²) in [5, 5.41) is 9.23. The third-order valence-electron chi connectivity index (χ3n) is 1.63. The van der Waals surface area contributed by atoms with Crippen LogP contribution in [-0.2, 0) is 6.18 Å². The molecule has 2 N–H and O–H groups in total. The number of hydrogen-bond acceptors (Lipinski definition) is 2. The summed E-state index contributed by atoms with van der Waals surface area (Å²) in [6.45, 7) is 0. The molecule has 0 saturated heterocycles. The average Bonchev–Trinajstić information content (AvgIpc) is 2.15. The molecule has 1 rings (SSSR count). The number of hydrogen-bond donors (Lipinski definition) is 2. The van der Waals surface area contributed by atoms with Crippen molar-refractivity contribution in [1.29, 1.82) is 0 Å². The summed E-state index contributed by atoms with van der Waals surface area (Å²) in [6.07, 6.45) is -5.46. The molecule has 1 unspecified atom stereocenters. The molecule has 1 atom stereocenters. The van der Waals surface area contributed by atoms with E-state index in [1.165, 1.54) is 12.1 Å². The first-order valence-electron chi connectivity index (χ1n) is 3.66. The zero-order valence-electron chi connectivity index (χ0n) is 6.85. The van der Waals surface area contributed by atoms with Gasteiger partial charge >= 0.3 is 6.18 Å². The quantitative estimate of drug-likeness (QED) is 0.499. The van der Waals surface area contributed by atoms with Gasteiger partial charge in [-0.25, -0.2) is 3.53 Å². The van der Waals surface area contributed by atoms with Crippen molar-refractivity contribution in [2.75, 3.05) is 0 Å². The first kappa shape index (κ1) is 11.7. The maximum absolute atomic E-state index is 12.2. The molecule has 78 valence electrons. The third-order valence-corrected chi connectivity index (χ3v) is 2.22. The van der Waals surface area contributed by atoms with Crippen LogP contribution in [0.15, 0.2) is 24.3 Å². The Kier molecular flexibility index (Phi) is 3.73. The van der Waals surface area contributed by atoms with Crippen molar-refractivity contribution in [3.63, 3.8) is 0 Å². The van der Waals surface area contributed by atoms with Crippen molar-refractivity contribution in [2.45, 2.75) is 12.4 Å². The Morgan fingerprint density at radius 3 is 2.50 bits per heavy atom. The molecule has 0 aromatic heterocycles. The standard InChI is InChI=1S/C8H7F3INO/c9-8(10,11)6-3-1-2-5(4-6)7(14)13-12/h1-4,7,13-14H. The molecule has 0 fully saturated rings. The summed E-state index contributed by atoms with van der Waals surface area (Å²) in [5.74, 6) is 0. The Labute approximate surface area is 92.6 Å². The van der Waals surface area contributed by atoms with Gasteiger partial charge in [0, 0.05) is 22.9 Å². The maximum Gasteiger partial charge on any atom is 0.416 e. The van der Waals surface area contributed by atoms with Gasteiger partial charge in [0.05, 0.1) is 5.56 Å². The lowest BCUT2D eigenvalue weighted by Gasteiger charge is -2.11. The van der Waals surface area contributed by atoms with E-state index >= 15 is 0 Å². The van der Waals surface area contributed by atoms with Crippen LogP contribution in [0.2, 0.25) is 0 Å². The number of aliphatic hydroxyl groups is 1. The van der Waals surface area contributed by atoms with Crippen LogP contribution in [0.4, 0.5) is 13.2 Å². The molecule has 0 aliphatic rings. The molecule has 14 heavy (non-hydrogen) atoms. The molecule has 2 nitrogen and oxygen atoms in total. The van der Waals surface area contributed by atoms with Crippen molar-refractivity contribution < 1.29 is 18.3 Å². The predicted molar refractivity (Wildman–Crippen MR) is 53.6 cm³/mol. The fraction of sp³-hybridized carbons (Fsp3) is 0.250. The van der Waals surface area contributed by atoms with E-state index in [1.807, 2.05) is 0 Å². The second kappa shape index (κ2) is 4.45. The predicted octanol–water partition coefficient (Wildman–Crippen LogP) is 2.64. The molecular formula is C8H7F3INO. The van der Waals surface area contributed by atoms with E-state index in [4.69, 9.17) is 0 Å². The molecule has 0 radical (unpaired) electrons. The van der Waals surface area contributed by atoms with Gasteiger partial charge in [-0.3, -0.25) is 0 Å². The minimum Gasteiger partial charge on any atom is -0.374 e. The normalized spacial score (nSPS) is 14.1. The van der Waals surface area contributed by atoms with E-state index in [-0.39, 0.29) is 5.56 Å². The summed E-state index contributed by atoms with van der Waals surface area (Å²) < 4.78 is 39.1. The Balaban J connectivity index is 3.01. The van der Waals surface area contributed by atoms with E-state index < -0.39 is 18.0 Å². The van der Waals surface area contributed by atoms with Crippen molar-refractivity contribution in [1.82, 2.24) is 3.53 Å². The Bertz CT molecular complexity index is 316. The summed E-state index contributed by atoms with van der Waals surface area (Å²) in [6, 6.07) is 4.56. The van der Waals surface area contributed by atoms with Crippen molar-refractivity contribution >= 4 is 22.9 Å². The van der Waals surface area contributed by atoms with Gasteiger partial charge in [-0.15, -0.1) is 0 Å². The number of rotatable bonds is 2. The first-order chi connectivity index (χ1) is 6.45. The number of halogens is 4. The third kappa shape index (κ3) is 2.82. The Morgan fingerprint density at radius 2 is 2.00 bits per heavy atom. The fourth-order valence-electron chi connectivity index (χ4n) is 0.948.